The third-order valence-corrected chi connectivity index (χ3v) is 5.70. The molecule has 5 nitrogen and oxygen atoms in total. The van der Waals surface area contributed by atoms with Crippen molar-refractivity contribution in [3.63, 3.8) is 0 Å². The molecule has 1 aliphatic rings. The zero-order valence-electron chi connectivity index (χ0n) is 17.6. The number of rotatable bonds is 4. The Morgan fingerprint density at radius 1 is 1.17 bits per heavy atom. The van der Waals surface area contributed by atoms with Gasteiger partial charge in [-0.3, -0.25) is 9.78 Å². The van der Waals surface area contributed by atoms with E-state index in [1.165, 1.54) is 0 Å². The number of amides is 1. The maximum absolute atomic E-state index is 13.1. The van der Waals surface area contributed by atoms with Crippen LogP contribution in [-0.4, -0.2) is 23.5 Å². The molecule has 0 unspecified atom stereocenters. The minimum Gasteiger partial charge on any atom is -0.452 e. The minimum absolute atomic E-state index is 0.326. The van der Waals surface area contributed by atoms with E-state index < -0.39 is 5.97 Å². The largest absolute Gasteiger partial charge is 0.452 e. The number of aromatic nitrogens is 1. The van der Waals surface area contributed by atoms with Gasteiger partial charge in [0.1, 0.15) is 0 Å². The molecule has 0 saturated heterocycles. The monoisotopic (exact) mass is 402 g/mol. The molecular weight excluding hydrogens is 376 g/mol. The first kappa shape index (κ1) is 20.1. The van der Waals surface area contributed by atoms with Gasteiger partial charge in [0.25, 0.3) is 5.91 Å². The lowest BCUT2D eigenvalue weighted by molar-refractivity contribution is -0.119. The fraction of sp³-hybridized carbons (Fsp3) is 0.320. The summed E-state index contributed by atoms with van der Waals surface area (Å²) in [6.07, 6.45) is 2.71. The summed E-state index contributed by atoms with van der Waals surface area (Å²) in [5.41, 5.74) is 6.10. The van der Waals surface area contributed by atoms with E-state index in [1.54, 1.807) is 0 Å². The summed E-state index contributed by atoms with van der Waals surface area (Å²) in [5.74, 6) is -0.328. The van der Waals surface area contributed by atoms with Gasteiger partial charge in [0.15, 0.2) is 6.61 Å². The number of nitrogens with one attached hydrogen (secondary N) is 1. The molecule has 30 heavy (non-hydrogen) atoms. The molecule has 0 radical (unpaired) electrons. The summed E-state index contributed by atoms with van der Waals surface area (Å²) in [5, 5.41) is 3.60. The number of hydrogen-bond donors (Lipinski definition) is 1. The maximum atomic E-state index is 13.1. The van der Waals surface area contributed by atoms with Gasteiger partial charge in [0, 0.05) is 16.8 Å². The molecule has 1 amide bonds. The molecule has 2 aromatic carbocycles. The van der Waals surface area contributed by atoms with Crippen LogP contribution in [0, 0.1) is 19.8 Å². The molecule has 1 atom stereocenters. The van der Waals surface area contributed by atoms with Gasteiger partial charge in [0.05, 0.1) is 11.1 Å². The van der Waals surface area contributed by atoms with Gasteiger partial charge in [-0.05, 0) is 62.3 Å². The summed E-state index contributed by atoms with van der Waals surface area (Å²) in [4.78, 5) is 30.2. The van der Waals surface area contributed by atoms with E-state index in [4.69, 9.17) is 9.72 Å². The minimum atomic E-state index is -0.463. The number of hydrogen-bond acceptors (Lipinski definition) is 4. The van der Waals surface area contributed by atoms with E-state index in [1.807, 2.05) is 56.3 Å². The first-order valence-electron chi connectivity index (χ1n) is 10.4. The second-order valence-corrected chi connectivity index (χ2v) is 8.22. The topological polar surface area (TPSA) is 68.3 Å². The van der Waals surface area contributed by atoms with Gasteiger partial charge >= 0.3 is 5.97 Å². The molecule has 5 heteroatoms. The molecule has 0 saturated carbocycles. The van der Waals surface area contributed by atoms with E-state index >= 15 is 0 Å². The van der Waals surface area contributed by atoms with Crippen LogP contribution >= 0.6 is 0 Å². The van der Waals surface area contributed by atoms with E-state index in [9.17, 15) is 9.59 Å². The Hall–Kier alpha value is -3.21. The van der Waals surface area contributed by atoms with Gasteiger partial charge in [-0.15, -0.1) is 0 Å². The quantitative estimate of drug-likeness (QED) is 0.638. The number of fused-ring (bicyclic) bond motifs is 2. The average molecular weight is 402 g/mol. The van der Waals surface area contributed by atoms with Crippen LogP contribution in [0.15, 0.2) is 42.5 Å². The van der Waals surface area contributed by atoms with Crippen LogP contribution in [0.2, 0.25) is 0 Å². The number of pyridine rings is 1. The lowest BCUT2D eigenvalue weighted by Gasteiger charge is -2.24. The molecule has 1 aromatic heterocycles. The first-order valence-corrected chi connectivity index (χ1v) is 10.4. The molecule has 3 aromatic rings. The highest BCUT2D eigenvalue weighted by molar-refractivity contribution is 6.06. The van der Waals surface area contributed by atoms with Crippen molar-refractivity contribution in [3.05, 3.63) is 70.4 Å². The lowest BCUT2D eigenvalue weighted by atomic mass is 9.84. The number of nitrogens with zero attached hydrogens (tertiary/aromatic N) is 1. The van der Waals surface area contributed by atoms with Crippen molar-refractivity contribution in [1.29, 1.82) is 0 Å². The van der Waals surface area contributed by atoms with Crippen LogP contribution < -0.4 is 5.32 Å². The SMILES string of the molecule is Cc1ccc(NC(=O)COC(=O)c2c3c(nc4ccccc24)CC[C@@H](C)C3)c(C)c1. The standard InChI is InChI=1S/C25H26N2O3/c1-15-8-10-20(17(3)12-15)27-23(28)14-30-25(29)24-18-6-4-5-7-21(18)26-22-11-9-16(2)13-19(22)24/h4-8,10,12,16H,9,11,13-14H2,1-3H3,(H,27,28)/t16-/m1/s1. The summed E-state index contributed by atoms with van der Waals surface area (Å²) < 4.78 is 5.46. The van der Waals surface area contributed by atoms with Gasteiger partial charge in [-0.1, -0.05) is 42.8 Å². The Bertz CT molecular complexity index is 1140. The van der Waals surface area contributed by atoms with Crippen molar-refractivity contribution in [2.75, 3.05) is 11.9 Å². The molecule has 154 valence electrons. The molecule has 0 spiro atoms. The smallest absolute Gasteiger partial charge is 0.339 e. The van der Waals surface area contributed by atoms with Crippen LogP contribution in [-0.2, 0) is 22.4 Å². The van der Waals surface area contributed by atoms with Crippen LogP contribution in [0.4, 0.5) is 5.69 Å². The third kappa shape index (κ3) is 4.06. The van der Waals surface area contributed by atoms with Crippen molar-refractivity contribution in [3.8, 4) is 0 Å². The Balaban J connectivity index is 1.56. The van der Waals surface area contributed by atoms with Crippen molar-refractivity contribution < 1.29 is 14.3 Å². The highest BCUT2D eigenvalue weighted by Gasteiger charge is 2.26. The lowest BCUT2D eigenvalue weighted by Crippen LogP contribution is -2.24. The Morgan fingerprint density at radius 2 is 1.97 bits per heavy atom. The normalized spacial score (nSPS) is 15.5. The molecule has 1 heterocycles. The molecule has 0 fully saturated rings. The Labute approximate surface area is 176 Å². The number of benzene rings is 2. The van der Waals surface area contributed by atoms with Crippen LogP contribution in [0.5, 0.6) is 0 Å². The summed E-state index contributed by atoms with van der Waals surface area (Å²) in [7, 11) is 0. The predicted molar refractivity (Wildman–Crippen MR) is 118 cm³/mol. The molecule has 1 N–H and O–H groups in total. The van der Waals surface area contributed by atoms with Crippen LogP contribution in [0.1, 0.15) is 46.1 Å². The molecule has 0 bridgehead atoms. The molecular formula is C25H26N2O3. The number of para-hydroxylation sites is 1. The first-order chi connectivity index (χ1) is 14.4. The zero-order chi connectivity index (χ0) is 21.3. The second kappa shape index (κ2) is 8.27. The summed E-state index contributed by atoms with van der Waals surface area (Å²) in [6.45, 7) is 5.80. The van der Waals surface area contributed by atoms with Gasteiger partial charge in [0.2, 0.25) is 0 Å². The molecule has 0 aliphatic heterocycles. The highest BCUT2D eigenvalue weighted by atomic mass is 16.5. The van der Waals surface area contributed by atoms with E-state index in [2.05, 4.69) is 12.2 Å². The summed E-state index contributed by atoms with van der Waals surface area (Å²) >= 11 is 0. The number of carbonyl (C=O) groups is 2. The molecule has 4 rings (SSSR count). The average Bonchev–Trinajstić information content (AvgIpc) is 2.72. The molecule has 1 aliphatic carbocycles. The van der Waals surface area contributed by atoms with Gasteiger partial charge in [-0.2, -0.15) is 0 Å². The maximum Gasteiger partial charge on any atom is 0.339 e. The van der Waals surface area contributed by atoms with Crippen molar-refractivity contribution in [2.45, 2.75) is 40.0 Å². The Kier molecular flexibility index (Phi) is 5.53. The fourth-order valence-electron chi connectivity index (χ4n) is 4.14. The van der Waals surface area contributed by atoms with Gasteiger partial charge < -0.3 is 10.1 Å². The number of esters is 1. The van der Waals surface area contributed by atoms with E-state index in [0.29, 0.717) is 11.5 Å². The number of carbonyl (C=O) groups excluding carboxylic acids is 2. The van der Waals surface area contributed by atoms with Crippen LogP contribution in [0.25, 0.3) is 10.9 Å². The highest BCUT2D eigenvalue weighted by Crippen LogP contribution is 2.32. The number of anilines is 1. The fourth-order valence-corrected chi connectivity index (χ4v) is 4.14. The zero-order valence-corrected chi connectivity index (χ0v) is 17.6. The number of aryl methyl sites for hydroxylation is 3. The van der Waals surface area contributed by atoms with Crippen LogP contribution in [0.3, 0.4) is 0 Å². The van der Waals surface area contributed by atoms with Gasteiger partial charge in [-0.25, -0.2) is 4.79 Å². The van der Waals surface area contributed by atoms with E-state index in [-0.39, 0.29) is 12.5 Å². The third-order valence-electron chi connectivity index (χ3n) is 5.70. The van der Waals surface area contributed by atoms with E-state index in [0.717, 1.165) is 58.2 Å². The van der Waals surface area contributed by atoms with Crippen molar-refractivity contribution in [1.82, 2.24) is 4.98 Å². The number of ether oxygens (including phenoxy) is 1. The van der Waals surface area contributed by atoms with Crippen molar-refractivity contribution in [2.24, 2.45) is 5.92 Å². The summed E-state index contributed by atoms with van der Waals surface area (Å²) in [6, 6.07) is 13.4. The van der Waals surface area contributed by atoms with Crippen molar-refractivity contribution >= 4 is 28.5 Å². The predicted octanol–water partition coefficient (Wildman–Crippen LogP) is 4.77. The second-order valence-electron chi connectivity index (χ2n) is 8.22. The Morgan fingerprint density at radius 3 is 2.77 bits per heavy atom.